The van der Waals surface area contributed by atoms with Crippen molar-refractivity contribution in [2.45, 2.75) is 25.9 Å². The number of imide groups is 1. The molecule has 6 nitrogen and oxygen atoms in total. The van der Waals surface area contributed by atoms with Crippen LogP contribution in [0.5, 0.6) is 5.75 Å². The SMILES string of the molecule is COc1ccc(C(C)=O)cc1CN1C(=O)N[C@](C)(c2ccccc2Cl)C1=O. The molecule has 0 unspecified atom stereocenters. The predicted octanol–water partition coefficient (Wildman–Crippen LogP) is 3.52. The molecular formula is C20H19ClN2O4. The minimum absolute atomic E-state index is 0.0188. The number of methoxy groups -OCH3 is 1. The number of benzene rings is 2. The fourth-order valence-corrected chi connectivity index (χ4v) is 3.51. The Labute approximate surface area is 162 Å². The van der Waals surface area contributed by atoms with E-state index in [9.17, 15) is 14.4 Å². The van der Waals surface area contributed by atoms with Crippen LogP contribution in [0.3, 0.4) is 0 Å². The Balaban J connectivity index is 1.97. The molecule has 0 spiro atoms. The van der Waals surface area contributed by atoms with Crippen molar-refractivity contribution in [1.29, 1.82) is 0 Å². The van der Waals surface area contributed by atoms with Crippen molar-refractivity contribution in [3.8, 4) is 5.75 Å². The van der Waals surface area contributed by atoms with E-state index in [2.05, 4.69) is 5.32 Å². The van der Waals surface area contributed by atoms with Crippen molar-refractivity contribution < 1.29 is 19.1 Å². The Bertz CT molecular complexity index is 943. The Morgan fingerprint density at radius 1 is 1.22 bits per heavy atom. The lowest BCUT2D eigenvalue weighted by Gasteiger charge is -2.23. The Morgan fingerprint density at radius 2 is 1.93 bits per heavy atom. The van der Waals surface area contributed by atoms with Crippen molar-refractivity contribution in [2.24, 2.45) is 0 Å². The maximum Gasteiger partial charge on any atom is 0.325 e. The van der Waals surface area contributed by atoms with E-state index in [1.54, 1.807) is 49.4 Å². The van der Waals surface area contributed by atoms with E-state index in [4.69, 9.17) is 16.3 Å². The average molecular weight is 387 g/mol. The summed E-state index contributed by atoms with van der Waals surface area (Å²) in [7, 11) is 1.49. The molecule has 0 radical (unpaired) electrons. The van der Waals surface area contributed by atoms with Gasteiger partial charge in [0.15, 0.2) is 5.78 Å². The summed E-state index contributed by atoms with van der Waals surface area (Å²) in [6, 6.07) is 11.3. The molecule has 3 rings (SSSR count). The standard InChI is InChI=1S/C20H19ClN2O4/c1-12(24)13-8-9-17(27-3)14(10-13)11-23-18(25)20(2,22-19(23)26)15-6-4-5-7-16(15)21/h4-10H,11H2,1-3H3,(H,22,26)/t20-/m1/s1. The zero-order valence-corrected chi connectivity index (χ0v) is 16.0. The first-order valence-corrected chi connectivity index (χ1v) is 8.72. The number of hydrogen-bond donors (Lipinski definition) is 1. The van der Waals surface area contributed by atoms with Crippen LogP contribution in [0.1, 0.15) is 35.3 Å². The van der Waals surface area contributed by atoms with Crippen molar-refractivity contribution in [3.63, 3.8) is 0 Å². The summed E-state index contributed by atoms with van der Waals surface area (Å²) in [5.74, 6) is -0.0418. The number of urea groups is 1. The van der Waals surface area contributed by atoms with Crippen molar-refractivity contribution in [1.82, 2.24) is 10.2 Å². The minimum atomic E-state index is -1.26. The molecule has 0 bridgehead atoms. The van der Waals surface area contributed by atoms with Crippen LogP contribution in [0.4, 0.5) is 4.79 Å². The molecule has 2 aromatic carbocycles. The molecule has 140 valence electrons. The quantitative estimate of drug-likeness (QED) is 0.630. The van der Waals surface area contributed by atoms with E-state index in [0.29, 0.717) is 27.5 Å². The first kappa shape index (κ1) is 18.9. The van der Waals surface area contributed by atoms with Crippen LogP contribution in [-0.4, -0.2) is 29.7 Å². The highest BCUT2D eigenvalue weighted by molar-refractivity contribution is 6.32. The van der Waals surface area contributed by atoms with Gasteiger partial charge >= 0.3 is 6.03 Å². The molecule has 0 aromatic heterocycles. The highest BCUT2D eigenvalue weighted by Gasteiger charge is 2.49. The number of nitrogens with zero attached hydrogens (tertiary/aromatic N) is 1. The molecule has 1 aliphatic heterocycles. The second kappa shape index (κ2) is 7.04. The fourth-order valence-electron chi connectivity index (χ4n) is 3.18. The summed E-state index contributed by atoms with van der Waals surface area (Å²) >= 11 is 6.24. The zero-order valence-electron chi connectivity index (χ0n) is 15.2. The van der Waals surface area contributed by atoms with Gasteiger partial charge in [-0.05, 0) is 38.1 Å². The number of ether oxygens (including phenoxy) is 1. The van der Waals surface area contributed by atoms with Crippen molar-refractivity contribution >= 4 is 29.3 Å². The maximum atomic E-state index is 13.1. The van der Waals surface area contributed by atoms with Crippen LogP contribution in [0.2, 0.25) is 5.02 Å². The first-order valence-electron chi connectivity index (χ1n) is 8.35. The van der Waals surface area contributed by atoms with Gasteiger partial charge in [-0.2, -0.15) is 0 Å². The number of hydrogen-bond acceptors (Lipinski definition) is 4. The summed E-state index contributed by atoms with van der Waals surface area (Å²) in [4.78, 5) is 38.4. The molecule has 1 saturated heterocycles. The molecule has 7 heteroatoms. The lowest BCUT2D eigenvalue weighted by Crippen LogP contribution is -2.41. The molecule has 27 heavy (non-hydrogen) atoms. The van der Waals surface area contributed by atoms with Crippen LogP contribution >= 0.6 is 11.6 Å². The smallest absolute Gasteiger partial charge is 0.325 e. The highest BCUT2D eigenvalue weighted by Crippen LogP contribution is 2.34. The molecule has 3 amide bonds. The first-order chi connectivity index (χ1) is 12.8. The molecule has 1 aliphatic rings. The van der Waals surface area contributed by atoms with E-state index in [1.807, 2.05) is 0 Å². The topological polar surface area (TPSA) is 75.7 Å². The van der Waals surface area contributed by atoms with Crippen molar-refractivity contribution in [2.75, 3.05) is 7.11 Å². The van der Waals surface area contributed by atoms with Gasteiger partial charge in [0.2, 0.25) is 0 Å². The van der Waals surface area contributed by atoms with Crippen LogP contribution in [0, 0.1) is 0 Å². The molecule has 1 atom stereocenters. The Morgan fingerprint density at radius 3 is 2.56 bits per heavy atom. The minimum Gasteiger partial charge on any atom is -0.496 e. The van der Waals surface area contributed by atoms with Crippen molar-refractivity contribution in [3.05, 3.63) is 64.2 Å². The second-order valence-electron chi connectivity index (χ2n) is 6.51. The Hall–Kier alpha value is -2.86. The molecule has 1 heterocycles. The van der Waals surface area contributed by atoms with E-state index >= 15 is 0 Å². The molecule has 0 saturated carbocycles. The predicted molar refractivity (Wildman–Crippen MR) is 101 cm³/mol. The van der Waals surface area contributed by atoms with Crippen LogP contribution in [0.25, 0.3) is 0 Å². The maximum absolute atomic E-state index is 13.1. The van der Waals surface area contributed by atoms with E-state index in [1.165, 1.54) is 14.0 Å². The van der Waals surface area contributed by atoms with Gasteiger partial charge in [0.1, 0.15) is 11.3 Å². The van der Waals surface area contributed by atoms with E-state index in [-0.39, 0.29) is 12.3 Å². The molecule has 1 fully saturated rings. The number of ketones is 1. The third-order valence-corrected chi connectivity index (χ3v) is 5.03. The molecular weight excluding hydrogens is 368 g/mol. The lowest BCUT2D eigenvalue weighted by molar-refractivity contribution is -0.131. The zero-order chi connectivity index (χ0) is 19.8. The van der Waals surface area contributed by atoms with Gasteiger partial charge in [-0.15, -0.1) is 0 Å². The third kappa shape index (κ3) is 3.28. The van der Waals surface area contributed by atoms with Gasteiger partial charge in [-0.3, -0.25) is 14.5 Å². The monoisotopic (exact) mass is 386 g/mol. The Kier molecular flexibility index (Phi) is 4.93. The average Bonchev–Trinajstić information content (AvgIpc) is 2.85. The summed E-state index contributed by atoms with van der Waals surface area (Å²) in [5.41, 5.74) is 0.307. The number of rotatable bonds is 5. The molecule has 1 N–H and O–H groups in total. The number of nitrogens with one attached hydrogen (secondary N) is 1. The number of halogens is 1. The summed E-state index contributed by atoms with van der Waals surface area (Å²) in [5, 5.41) is 3.12. The van der Waals surface area contributed by atoms with Crippen LogP contribution in [-0.2, 0) is 16.9 Å². The molecule has 0 aliphatic carbocycles. The lowest BCUT2D eigenvalue weighted by atomic mass is 9.92. The summed E-state index contributed by atoms with van der Waals surface area (Å²) in [6.45, 7) is 3.06. The van der Waals surface area contributed by atoms with E-state index in [0.717, 1.165) is 4.90 Å². The number of amides is 3. The highest BCUT2D eigenvalue weighted by atomic mass is 35.5. The summed E-state index contributed by atoms with van der Waals surface area (Å²) < 4.78 is 5.31. The van der Waals surface area contributed by atoms with Gasteiger partial charge in [0.05, 0.1) is 13.7 Å². The largest absolute Gasteiger partial charge is 0.496 e. The van der Waals surface area contributed by atoms with Gasteiger partial charge in [0, 0.05) is 21.7 Å². The van der Waals surface area contributed by atoms with Crippen LogP contribution in [0.15, 0.2) is 42.5 Å². The third-order valence-electron chi connectivity index (χ3n) is 4.70. The summed E-state index contributed by atoms with van der Waals surface area (Å²) in [6.07, 6.45) is 0. The van der Waals surface area contributed by atoms with Gasteiger partial charge in [-0.1, -0.05) is 29.8 Å². The van der Waals surface area contributed by atoms with Gasteiger partial charge < -0.3 is 10.1 Å². The molecule has 2 aromatic rings. The number of carbonyl (C=O) groups is 3. The van der Waals surface area contributed by atoms with Gasteiger partial charge in [0.25, 0.3) is 5.91 Å². The van der Waals surface area contributed by atoms with E-state index < -0.39 is 17.5 Å². The van der Waals surface area contributed by atoms with Gasteiger partial charge in [-0.25, -0.2) is 4.79 Å². The number of carbonyl (C=O) groups excluding carboxylic acids is 3. The normalized spacial score (nSPS) is 19.2. The van der Waals surface area contributed by atoms with Crippen LogP contribution < -0.4 is 10.1 Å². The second-order valence-corrected chi connectivity index (χ2v) is 6.92. The fraction of sp³-hybridized carbons (Fsp3) is 0.250. The number of Topliss-reactive ketones (excluding diaryl/α,β-unsaturated/α-hetero) is 1.